The van der Waals surface area contributed by atoms with Crippen LogP contribution < -0.4 is 10.6 Å². The first-order chi connectivity index (χ1) is 11.7. The van der Waals surface area contributed by atoms with Crippen molar-refractivity contribution >= 4 is 35.9 Å². The number of guanidine groups is 1. The minimum atomic E-state index is -0.327. The van der Waals surface area contributed by atoms with E-state index in [1.807, 2.05) is 37.3 Å². The van der Waals surface area contributed by atoms with Crippen molar-refractivity contribution in [2.24, 2.45) is 4.99 Å². The lowest BCUT2D eigenvalue weighted by molar-refractivity contribution is 0.0600. The minimum Gasteiger partial charge on any atom is -0.465 e. The number of benzene rings is 2. The molecular weight excluding hydrogens is 429 g/mol. The summed E-state index contributed by atoms with van der Waals surface area (Å²) in [5.41, 5.74) is 2.77. The second kappa shape index (κ2) is 11.5. The number of halogens is 1. The topological polar surface area (TPSA) is 62.7 Å². The first-order valence-corrected chi connectivity index (χ1v) is 7.96. The van der Waals surface area contributed by atoms with Gasteiger partial charge in [-0.05, 0) is 30.2 Å². The molecule has 0 heterocycles. The third-order valence-corrected chi connectivity index (χ3v) is 3.44. The molecule has 134 valence electrons. The van der Waals surface area contributed by atoms with Crippen LogP contribution in [0.4, 0.5) is 0 Å². The van der Waals surface area contributed by atoms with Crippen LogP contribution in [0, 0.1) is 0 Å². The molecule has 0 aliphatic heterocycles. The molecule has 0 fully saturated rings. The molecule has 2 aromatic rings. The maximum absolute atomic E-state index is 11.4. The van der Waals surface area contributed by atoms with E-state index in [-0.39, 0.29) is 29.9 Å². The fourth-order valence-electron chi connectivity index (χ4n) is 2.16. The quantitative estimate of drug-likeness (QED) is 0.305. The summed E-state index contributed by atoms with van der Waals surface area (Å²) in [5, 5.41) is 6.52. The number of rotatable bonds is 6. The molecule has 2 rings (SSSR count). The lowest BCUT2D eigenvalue weighted by Crippen LogP contribution is -2.36. The molecule has 5 nitrogen and oxygen atoms in total. The van der Waals surface area contributed by atoms with Crippen molar-refractivity contribution in [1.82, 2.24) is 10.6 Å². The van der Waals surface area contributed by atoms with Gasteiger partial charge in [-0.25, -0.2) is 9.79 Å². The van der Waals surface area contributed by atoms with Crippen LogP contribution in [0.15, 0.2) is 59.6 Å². The van der Waals surface area contributed by atoms with Gasteiger partial charge in [0.2, 0.25) is 0 Å². The van der Waals surface area contributed by atoms with E-state index in [9.17, 15) is 4.79 Å². The Labute approximate surface area is 165 Å². The fraction of sp³-hybridized carbons (Fsp3) is 0.263. The predicted molar refractivity (Wildman–Crippen MR) is 111 cm³/mol. The lowest BCUT2D eigenvalue weighted by Gasteiger charge is -2.11. The number of nitrogens with zero attached hydrogens (tertiary/aromatic N) is 1. The average molecular weight is 453 g/mol. The zero-order valence-corrected chi connectivity index (χ0v) is 16.8. The molecule has 0 bridgehead atoms. The molecule has 0 saturated heterocycles. The van der Waals surface area contributed by atoms with E-state index in [2.05, 4.69) is 27.8 Å². The van der Waals surface area contributed by atoms with Crippen LogP contribution in [0.5, 0.6) is 0 Å². The van der Waals surface area contributed by atoms with Crippen LogP contribution in [-0.4, -0.2) is 25.6 Å². The number of hydrogen-bond donors (Lipinski definition) is 2. The Bertz CT molecular complexity index is 673. The van der Waals surface area contributed by atoms with Gasteiger partial charge in [0.25, 0.3) is 0 Å². The van der Waals surface area contributed by atoms with Gasteiger partial charge < -0.3 is 15.4 Å². The number of ether oxygens (including phenoxy) is 1. The predicted octanol–water partition coefficient (Wildman–Crippen LogP) is 3.35. The van der Waals surface area contributed by atoms with Gasteiger partial charge in [0.1, 0.15) is 0 Å². The molecule has 0 aliphatic carbocycles. The number of hydrogen-bond acceptors (Lipinski definition) is 3. The highest BCUT2D eigenvalue weighted by Crippen LogP contribution is 2.06. The highest BCUT2D eigenvalue weighted by atomic mass is 127. The standard InChI is InChI=1S/C19H23N3O2.HI/c1-3-20-19(21-13-15-7-5-4-6-8-15)22-14-16-9-11-17(12-10-16)18(23)24-2;/h4-12H,3,13-14H2,1-2H3,(H2,20,21,22);1H. The van der Waals surface area contributed by atoms with E-state index in [4.69, 9.17) is 4.74 Å². The molecule has 0 unspecified atom stereocenters. The molecule has 0 spiro atoms. The zero-order chi connectivity index (χ0) is 17.2. The second-order valence-electron chi connectivity index (χ2n) is 5.22. The van der Waals surface area contributed by atoms with Gasteiger partial charge in [-0.3, -0.25) is 0 Å². The van der Waals surface area contributed by atoms with Crippen molar-refractivity contribution in [3.63, 3.8) is 0 Å². The lowest BCUT2D eigenvalue weighted by atomic mass is 10.1. The Morgan fingerprint density at radius 1 is 1.00 bits per heavy atom. The Hall–Kier alpha value is -2.09. The summed E-state index contributed by atoms with van der Waals surface area (Å²) >= 11 is 0. The molecule has 6 heteroatoms. The van der Waals surface area contributed by atoms with E-state index in [1.54, 1.807) is 12.1 Å². The smallest absolute Gasteiger partial charge is 0.337 e. The number of carbonyl (C=O) groups is 1. The van der Waals surface area contributed by atoms with Crippen molar-refractivity contribution in [3.8, 4) is 0 Å². The van der Waals surface area contributed by atoms with Crippen LogP contribution in [0.3, 0.4) is 0 Å². The van der Waals surface area contributed by atoms with Gasteiger partial charge in [0.05, 0.1) is 19.2 Å². The van der Waals surface area contributed by atoms with Gasteiger partial charge in [0, 0.05) is 13.1 Å². The number of nitrogens with one attached hydrogen (secondary N) is 2. The molecule has 0 atom stereocenters. The first-order valence-electron chi connectivity index (χ1n) is 7.96. The maximum Gasteiger partial charge on any atom is 0.337 e. The third kappa shape index (κ3) is 7.13. The molecule has 0 radical (unpaired) electrons. The van der Waals surface area contributed by atoms with E-state index in [1.165, 1.54) is 7.11 Å². The number of aliphatic imine (C=N–C) groups is 1. The third-order valence-electron chi connectivity index (χ3n) is 3.44. The van der Waals surface area contributed by atoms with Gasteiger partial charge in [-0.15, -0.1) is 24.0 Å². The van der Waals surface area contributed by atoms with Crippen LogP contribution in [0.1, 0.15) is 28.4 Å². The van der Waals surface area contributed by atoms with Gasteiger partial charge >= 0.3 is 5.97 Å². The van der Waals surface area contributed by atoms with Crippen LogP contribution in [0.2, 0.25) is 0 Å². The number of methoxy groups -OCH3 is 1. The summed E-state index contributed by atoms with van der Waals surface area (Å²) in [7, 11) is 1.38. The Balaban J connectivity index is 0.00000312. The van der Waals surface area contributed by atoms with Crippen molar-refractivity contribution in [2.45, 2.75) is 20.0 Å². The Morgan fingerprint density at radius 2 is 1.68 bits per heavy atom. The van der Waals surface area contributed by atoms with Crippen molar-refractivity contribution < 1.29 is 9.53 Å². The van der Waals surface area contributed by atoms with Gasteiger partial charge in [-0.2, -0.15) is 0 Å². The molecular formula is C19H24IN3O2. The van der Waals surface area contributed by atoms with Crippen LogP contribution in [0.25, 0.3) is 0 Å². The highest BCUT2D eigenvalue weighted by molar-refractivity contribution is 14.0. The summed E-state index contributed by atoms with van der Waals surface area (Å²) in [4.78, 5) is 16.0. The SMILES string of the molecule is CCNC(=NCc1ccccc1)NCc1ccc(C(=O)OC)cc1.I. The monoisotopic (exact) mass is 453 g/mol. The number of carbonyl (C=O) groups excluding carboxylic acids is 1. The van der Waals surface area contributed by atoms with E-state index >= 15 is 0 Å². The molecule has 2 aromatic carbocycles. The van der Waals surface area contributed by atoms with E-state index in [0.29, 0.717) is 18.7 Å². The highest BCUT2D eigenvalue weighted by Gasteiger charge is 2.04. The molecule has 25 heavy (non-hydrogen) atoms. The van der Waals surface area contributed by atoms with Gasteiger partial charge in [-0.1, -0.05) is 42.5 Å². The van der Waals surface area contributed by atoms with Crippen LogP contribution >= 0.6 is 24.0 Å². The second-order valence-corrected chi connectivity index (χ2v) is 5.22. The Kier molecular flexibility index (Phi) is 9.61. The fourth-order valence-corrected chi connectivity index (χ4v) is 2.16. The average Bonchev–Trinajstić information content (AvgIpc) is 2.64. The molecule has 0 amide bonds. The molecule has 0 aromatic heterocycles. The van der Waals surface area contributed by atoms with Crippen molar-refractivity contribution in [1.29, 1.82) is 0 Å². The Morgan fingerprint density at radius 3 is 2.28 bits per heavy atom. The first kappa shape index (κ1) is 21.0. The van der Waals surface area contributed by atoms with E-state index in [0.717, 1.165) is 23.6 Å². The molecule has 0 saturated carbocycles. The summed E-state index contributed by atoms with van der Waals surface area (Å²) in [6.45, 7) is 4.08. The molecule has 2 N–H and O–H groups in total. The van der Waals surface area contributed by atoms with Gasteiger partial charge in [0.15, 0.2) is 5.96 Å². The van der Waals surface area contributed by atoms with Crippen molar-refractivity contribution in [3.05, 3.63) is 71.3 Å². The number of esters is 1. The van der Waals surface area contributed by atoms with Crippen molar-refractivity contribution in [2.75, 3.05) is 13.7 Å². The summed E-state index contributed by atoms with van der Waals surface area (Å²) in [5.74, 6) is 0.436. The summed E-state index contributed by atoms with van der Waals surface area (Å²) < 4.78 is 4.70. The largest absolute Gasteiger partial charge is 0.465 e. The summed E-state index contributed by atoms with van der Waals surface area (Å²) in [6, 6.07) is 17.4. The zero-order valence-electron chi connectivity index (χ0n) is 14.5. The molecule has 0 aliphatic rings. The minimum absolute atomic E-state index is 0. The summed E-state index contributed by atoms with van der Waals surface area (Å²) in [6.07, 6.45) is 0. The normalized spacial score (nSPS) is 10.6. The maximum atomic E-state index is 11.4. The van der Waals surface area contributed by atoms with Crippen LogP contribution in [-0.2, 0) is 17.8 Å². The van der Waals surface area contributed by atoms with E-state index < -0.39 is 0 Å².